The zero-order valence-corrected chi connectivity index (χ0v) is 14.9. The molecule has 1 saturated heterocycles. The number of hydrogen-bond donors (Lipinski definition) is 1. The standard InChI is InChI=1S/C19H21ClN4O/c1-23(18-8-7-16(20)17(11-21)22-18)13-19(25)9-10-24(14-19)12-15-5-3-2-4-6-15/h2-8,25H,9-10,12-14H2,1H3. The Kier molecular flexibility index (Phi) is 5.24. The Morgan fingerprint density at radius 2 is 2.08 bits per heavy atom. The fourth-order valence-electron chi connectivity index (χ4n) is 3.29. The first kappa shape index (κ1) is 17.7. The fraction of sp³-hybridized carbons (Fsp3) is 0.368. The van der Waals surface area contributed by atoms with Gasteiger partial charge in [0.05, 0.1) is 10.6 Å². The molecule has 0 aliphatic carbocycles. The number of pyridine rings is 1. The van der Waals surface area contributed by atoms with Crippen LogP contribution in [0.2, 0.25) is 5.02 Å². The van der Waals surface area contributed by atoms with E-state index in [9.17, 15) is 5.11 Å². The van der Waals surface area contributed by atoms with Crippen LogP contribution in [-0.4, -0.2) is 47.3 Å². The second-order valence-corrected chi connectivity index (χ2v) is 7.05. The zero-order valence-electron chi connectivity index (χ0n) is 14.2. The number of anilines is 1. The molecule has 0 spiro atoms. The highest BCUT2D eigenvalue weighted by atomic mass is 35.5. The lowest BCUT2D eigenvalue weighted by atomic mass is 10.0. The number of likely N-dealkylation sites (N-methyl/N-ethyl adjacent to an activating group) is 1. The number of aromatic nitrogens is 1. The smallest absolute Gasteiger partial charge is 0.161 e. The number of rotatable bonds is 5. The van der Waals surface area contributed by atoms with Gasteiger partial charge in [0.1, 0.15) is 11.9 Å². The van der Waals surface area contributed by atoms with Crippen molar-refractivity contribution in [1.82, 2.24) is 9.88 Å². The number of hydrogen-bond acceptors (Lipinski definition) is 5. The van der Waals surface area contributed by atoms with Gasteiger partial charge < -0.3 is 10.0 Å². The first-order valence-electron chi connectivity index (χ1n) is 8.25. The van der Waals surface area contributed by atoms with Gasteiger partial charge in [0, 0.05) is 33.2 Å². The molecule has 1 aliphatic rings. The summed E-state index contributed by atoms with van der Waals surface area (Å²) in [7, 11) is 1.87. The van der Waals surface area contributed by atoms with E-state index in [2.05, 4.69) is 22.0 Å². The predicted molar refractivity (Wildman–Crippen MR) is 98.5 cm³/mol. The molecule has 0 radical (unpaired) electrons. The average molecular weight is 357 g/mol. The number of benzene rings is 1. The van der Waals surface area contributed by atoms with Gasteiger partial charge >= 0.3 is 0 Å². The van der Waals surface area contributed by atoms with Crippen molar-refractivity contribution in [2.45, 2.75) is 18.6 Å². The molecule has 3 rings (SSSR count). The summed E-state index contributed by atoms with van der Waals surface area (Å²) in [4.78, 5) is 8.40. The minimum Gasteiger partial charge on any atom is -0.387 e. The first-order chi connectivity index (χ1) is 12.0. The molecule has 1 aromatic carbocycles. The van der Waals surface area contributed by atoms with Crippen molar-refractivity contribution < 1.29 is 5.11 Å². The number of aliphatic hydroxyl groups is 1. The third-order valence-corrected chi connectivity index (χ3v) is 4.83. The monoisotopic (exact) mass is 356 g/mol. The van der Waals surface area contributed by atoms with Crippen LogP contribution in [0, 0.1) is 11.3 Å². The van der Waals surface area contributed by atoms with E-state index in [1.165, 1.54) is 5.56 Å². The second kappa shape index (κ2) is 7.40. The van der Waals surface area contributed by atoms with Gasteiger partial charge in [-0.2, -0.15) is 5.26 Å². The molecule has 1 aliphatic heterocycles. The van der Waals surface area contributed by atoms with Crippen LogP contribution in [0.1, 0.15) is 17.7 Å². The molecule has 25 heavy (non-hydrogen) atoms. The molecule has 2 aromatic rings. The summed E-state index contributed by atoms with van der Waals surface area (Å²) in [5.41, 5.74) is 0.658. The maximum absolute atomic E-state index is 11.0. The molecule has 0 amide bonds. The van der Waals surface area contributed by atoms with E-state index in [0.717, 1.165) is 13.1 Å². The van der Waals surface area contributed by atoms with E-state index in [1.807, 2.05) is 36.2 Å². The fourth-order valence-corrected chi connectivity index (χ4v) is 3.44. The highest BCUT2D eigenvalue weighted by Gasteiger charge is 2.37. The minimum absolute atomic E-state index is 0.204. The van der Waals surface area contributed by atoms with E-state index in [0.29, 0.717) is 30.4 Å². The van der Waals surface area contributed by atoms with E-state index in [4.69, 9.17) is 16.9 Å². The number of likely N-dealkylation sites (tertiary alicyclic amines) is 1. The van der Waals surface area contributed by atoms with Crippen LogP contribution in [0.15, 0.2) is 42.5 Å². The van der Waals surface area contributed by atoms with Gasteiger partial charge in [-0.15, -0.1) is 0 Å². The van der Waals surface area contributed by atoms with Crippen LogP contribution in [0.4, 0.5) is 5.82 Å². The Morgan fingerprint density at radius 1 is 1.32 bits per heavy atom. The Morgan fingerprint density at radius 3 is 2.80 bits per heavy atom. The summed E-state index contributed by atoms with van der Waals surface area (Å²) < 4.78 is 0. The highest BCUT2D eigenvalue weighted by molar-refractivity contribution is 6.31. The molecule has 1 N–H and O–H groups in total. The van der Waals surface area contributed by atoms with Gasteiger partial charge in [0.25, 0.3) is 0 Å². The van der Waals surface area contributed by atoms with E-state index in [1.54, 1.807) is 12.1 Å². The van der Waals surface area contributed by atoms with Crippen LogP contribution in [0.3, 0.4) is 0 Å². The van der Waals surface area contributed by atoms with Gasteiger partial charge in [-0.1, -0.05) is 41.9 Å². The van der Waals surface area contributed by atoms with E-state index in [-0.39, 0.29) is 5.69 Å². The summed E-state index contributed by atoms with van der Waals surface area (Å²) in [5, 5.41) is 20.4. The number of β-amino-alcohol motifs (C(OH)–C–C–N with tert-alkyl or cyclic N) is 1. The molecule has 2 heterocycles. The van der Waals surface area contributed by atoms with Crippen LogP contribution >= 0.6 is 11.6 Å². The molecule has 130 valence electrons. The van der Waals surface area contributed by atoms with Gasteiger partial charge in [-0.3, -0.25) is 4.90 Å². The summed E-state index contributed by atoms with van der Waals surface area (Å²) in [6.07, 6.45) is 0.711. The molecule has 0 saturated carbocycles. The molecule has 1 atom stereocenters. The molecule has 1 aromatic heterocycles. The second-order valence-electron chi connectivity index (χ2n) is 6.64. The first-order valence-corrected chi connectivity index (χ1v) is 8.63. The Labute approximate surface area is 153 Å². The van der Waals surface area contributed by atoms with Crippen LogP contribution in [0.5, 0.6) is 0 Å². The summed E-state index contributed by atoms with van der Waals surface area (Å²) in [6, 6.07) is 15.7. The van der Waals surface area contributed by atoms with E-state index < -0.39 is 5.60 Å². The lowest BCUT2D eigenvalue weighted by Gasteiger charge is -2.30. The van der Waals surface area contributed by atoms with Crippen molar-refractivity contribution in [3.05, 3.63) is 58.7 Å². The quantitative estimate of drug-likeness (QED) is 0.892. The summed E-state index contributed by atoms with van der Waals surface area (Å²) in [6.45, 7) is 2.77. The van der Waals surface area contributed by atoms with Crippen LogP contribution in [0.25, 0.3) is 0 Å². The third-order valence-electron chi connectivity index (χ3n) is 4.52. The van der Waals surface area contributed by atoms with Crippen LogP contribution < -0.4 is 4.90 Å². The number of halogens is 1. The van der Waals surface area contributed by atoms with Gasteiger partial charge in [0.2, 0.25) is 0 Å². The molecular weight excluding hydrogens is 336 g/mol. The maximum Gasteiger partial charge on any atom is 0.161 e. The third kappa shape index (κ3) is 4.29. The molecule has 5 nitrogen and oxygen atoms in total. The van der Waals surface area contributed by atoms with Crippen molar-refractivity contribution in [1.29, 1.82) is 5.26 Å². The normalized spacial score (nSPS) is 20.4. The van der Waals surface area contributed by atoms with E-state index >= 15 is 0 Å². The molecule has 1 fully saturated rings. The average Bonchev–Trinajstić information content (AvgIpc) is 2.96. The van der Waals surface area contributed by atoms with Crippen molar-refractivity contribution in [3.63, 3.8) is 0 Å². The van der Waals surface area contributed by atoms with Crippen molar-refractivity contribution in [3.8, 4) is 6.07 Å². The molecule has 1 unspecified atom stereocenters. The van der Waals surface area contributed by atoms with Gasteiger partial charge in [-0.05, 0) is 24.1 Å². The molecule has 6 heteroatoms. The van der Waals surface area contributed by atoms with Gasteiger partial charge in [0.15, 0.2) is 5.69 Å². The highest BCUT2D eigenvalue weighted by Crippen LogP contribution is 2.26. The number of nitriles is 1. The SMILES string of the molecule is CN(CC1(O)CCN(Cc2ccccc2)C1)c1ccc(Cl)c(C#N)n1. The molecule has 0 bridgehead atoms. The predicted octanol–water partition coefficient (Wildman–Crippen LogP) is 2.68. The van der Waals surface area contributed by atoms with Crippen molar-refractivity contribution in [2.75, 3.05) is 31.6 Å². The Balaban J connectivity index is 1.63. The number of nitrogens with zero attached hydrogens (tertiary/aromatic N) is 4. The van der Waals surface area contributed by atoms with Crippen molar-refractivity contribution >= 4 is 17.4 Å². The van der Waals surface area contributed by atoms with Crippen LogP contribution in [-0.2, 0) is 6.54 Å². The zero-order chi connectivity index (χ0) is 17.9. The topological polar surface area (TPSA) is 63.4 Å². The van der Waals surface area contributed by atoms with Gasteiger partial charge in [-0.25, -0.2) is 4.98 Å². The lowest BCUT2D eigenvalue weighted by molar-refractivity contribution is 0.0561. The summed E-state index contributed by atoms with van der Waals surface area (Å²) >= 11 is 5.94. The summed E-state index contributed by atoms with van der Waals surface area (Å²) in [5.74, 6) is 0.635. The van der Waals surface area contributed by atoms with Crippen molar-refractivity contribution in [2.24, 2.45) is 0 Å². The molecular formula is C19H21ClN4O. The Hall–Kier alpha value is -2.13. The Bertz CT molecular complexity index is 777. The largest absolute Gasteiger partial charge is 0.387 e. The minimum atomic E-state index is -0.794. The lowest BCUT2D eigenvalue weighted by Crippen LogP contribution is -2.44. The maximum atomic E-state index is 11.0.